The van der Waals surface area contributed by atoms with E-state index in [0.717, 1.165) is 22.2 Å². The molecule has 0 bridgehead atoms. The zero-order valence-electron chi connectivity index (χ0n) is 13.7. The van der Waals surface area contributed by atoms with Gasteiger partial charge in [0, 0.05) is 31.8 Å². The van der Waals surface area contributed by atoms with Gasteiger partial charge < -0.3 is 10.4 Å². The van der Waals surface area contributed by atoms with Gasteiger partial charge in [-0.1, -0.05) is 28.8 Å². The van der Waals surface area contributed by atoms with Gasteiger partial charge in [-0.2, -0.15) is 0 Å². The summed E-state index contributed by atoms with van der Waals surface area (Å²) in [5.74, 6) is -0.0268. The lowest BCUT2D eigenvalue weighted by molar-refractivity contribution is 0.0943. The molecule has 2 N–H and O–H groups in total. The van der Waals surface area contributed by atoms with Gasteiger partial charge in [0.1, 0.15) is 0 Å². The summed E-state index contributed by atoms with van der Waals surface area (Å²) in [6, 6.07) is 11.6. The number of benzene rings is 1. The molecule has 1 aromatic heterocycles. The summed E-state index contributed by atoms with van der Waals surface area (Å²) in [5.41, 5.74) is 0.699. The number of aliphatic hydroxyl groups excluding tert-OH is 1. The van der Waals surface area contributed by atoms with Crippen LogP contribution in [0.5, 0.6) is 0 Å². The normalized spacial score (nSPS) is 17.6. The fourth-order valence-electron chi connectivity index (χ4n) is 3.38. The molecule has 1 atom stereocenters. The van der Waals surface area contributed by atoms with E-state index in [1.165, 1.54) is 17.7 Å². The van der Waals surface area contributed by atoms with Crippen LogP contribution in [0.3, 0.4) is 0 Å². The molecule has 2 aromatic rings. The average Bonchev–Trinajstić information content (AvgIpc) is 3.23. The van der Waals surface area contributed by atoms with Crippen molar-refractivity contribution in [2.24, 2.45) is 0 Å². The average molecular weight is 408 g/mol. The maximum atomic E-state index is 12.4. The van der Waals surface area contributed by atoms with Crippen molar-refractivity contribution < 1.29 is 9.90 Å². The molecule has 1 heterocycles. The van der Waals surface area contributed by atoms with E-state index in [0.29, 0.717) is 12.1 Å². The van der Waals surface area contributed by atoms with Crippen LogP contribution in [0.15, 0.2) is 40.9 Å². The number of rotatable bonds is 5. The summed E-state index contributed by atoms with van der Waals surface area (Å²) >= 11 is 5.07. The number of halogens is 1. The van der Waals surface area contributed by atoms with E-state index in [1.54, 1.807) is 18.3 Å². The first-order valence-corrected chi connectivity index (χ1v) is 9.93. The van der Waals surface area contributed by atoms with Gasteiger partial charge in [0.15, 0.2) is 0 Å². The smallest absolute Gasteiger partial charge is 0.251 e. The Labute approximate surface area is 155 Å². The highest BCUT2D eigenvalue weighted by Crippen LogP contribution is 2.44. The van der Waals surface area contributed by atoms with Crippen LogP contribution in [0.1, 0.15) is 58.8 Å². The lowest BCUT2D eigenvalue weighted by Crippen LogP contribution is -2.38. The van der Waals surface area contributed by atoms with Crippen LogP contribution in [0.2, 0.25) is 0 Å². The Kier molecular flexibility index (Phi) is 5.42. The van der Waals surface area contributed by atoms with Crippen molar-refractivity contribution in [1.82, 2.24) is 5.32 Å². The highest BCUT2D eigenvalue weighted by atomic mass is 79.9. The van der Waals surface area contributed by atoms with Crippen molar-refractivity contribution in [3.63, 3.8) is 0 Å². The van der Waals surface area contributed by atoms with E-state index in [1.807, 2.05) is 30.3 Å². The van der Waals surface area contributed by atoms with Crippen molar-refractivity contribution in [2.45, 2.75) is 44.1 Å². The highest BCUT2D eigenvalue weighted by molar-refractivity contribution is 9.10. The maximum Gasteiger partial charge on any atom is 0.251 e. The number of thiophene rings is 1. The van der Waals surface area contributed by atoms with Crippen LogP contribution in [0.4, 0.5) is 0 Å². The second kappa shape index (κ2) is 7.38. The molecule has 3 nitrogen and oxygen atoms in total. The zero-order valence-corrected chi connectivity index (χ0v) is 16.1. The Bertz CT molecular complexity index is 702. The van der Waals surface area contributed by atoms with Gasteiger partial charge in [-0.3, -0.25) is 4.79 Å². The first-order valence-electron chi connectivity index (χ1n) is 8.32. The van der Waals surface area contributed by atoms with Gasteiger partial charge in [0.2, 0.25) is 0 Å². The minimum Gasteiger partial charge on any atom is -0.388 e. The molecule has 24 heavy (non-hydrogen) atoms. The molecule has 1 aliphatic rings. The molecule has 0 radical (unpaired) electrons. The largest absolute Gasteiger partial charge is 0.388 e. The van der Waals surface area contributed by atoms with Crippen molar-refractivity contribution >= 4 is 33.2 Å². The molecule has 0 spiro atoms. The second-order valence-corrected chi connectivity index (χ2v) is 8.59. The van der Waals surface area contributed by atoms with E-state index in [2.05, 4.69) is 27.3 Å². The molecule has 1 amide bonds. The Balaban J connectivity index is 1.74. The predicted molar refractivity (Wildman–Crippen MR) is 102 cm³/mol. The molecule has 1 fully saturated rings. The summed E-state index contributed by atoms with van der Waals surface area (Å²) in [7, 11) is 0. The zero-order chi connectivity index (χ0) is 17.2. The quantitative estimate of drug-likeness (QED) is 0.746. The fourth-order valence-corrected chi connectivity index (χ4v) is 4.83. The van der Waals surface area contributed by atoms with Crippen molar-refractivity contribution in [2.75, 3.05) is 6.54 Å². The molecular formula is C19H22BrNO2S. The van der Waals surface area contributed by atoms with Crippen LogP contribution >= 0.6 is 27.3 Å². The van der Waals surface area contributed by atoms with E-state index in [-0.39, 0.29) is 11.3 Å². The molecule has 0 saturated heterocycles. The summed E-state index contributed by atoms with van der Waals surface area (Å²) in [6.07, 6.45) is 4.13. The first kappa shape index (κ1) is 17.6. The van der Waals surface area contributed by atoms with E-state index < -0.39 is 6.10 Å². The number of nitrogens with one attached hydrogen (secondary N) is 1. The highest BCUT2D eigenvalue weighted by Gasteiger charge is 2.37. The SMILES string of the molecule is CC(O)c1ccc(C2(CNC(=O)c3ccc(Br)cc3)CCCC2)s1. The van der Waals surface area contributed by atoms with Gasteiger partial charge in [0.05, 0.1) is 6.10 Å². The number of aliphatic hydroxyl groups is 1. The molecule has 3 rings (SSSR count). The van der Waals surface area contributed by atoms with E-state index in [9.17, 15) is 9.90 Å². The summed E-state index contributed by atoms with van der Waals surface area (Å²) < 4.78 is 0.968. The number of hydrogen-bond donors (Lipinski definition) is 2. The number of amides is 1. The standard InChI is InChI=1S/C19H22BrNO2S/c1-13(22)16-8-9-17(24-16)19(10-2-3-11-19)12-21-18(23)14-4-6-15(20)7-5-14/h4-9,13,22H,2-3,10-12H2,1H3,(H,21,23). The molecule has 0 aliphatic heterocycles. The maximum absolute atomic E-state index is 12.4. The Morgan fingerprint density at radius 3 is 2.50 bits per heavy atom. The minimum atomic E-state index is -0.431. The van der Waals surface area contributed by atoms with Gasteiger partial charge >= 0.3 is 0 Å². The van der Waals surface area contributed by atoms with Crippen molar-refractivity contribution in [1.29, 1.82) is 0 Å². The Hall–Kier alpha value is -1.17. The van der Waals surface area contributed by atoms with Crippen LogP contribution in [-0.4, -0.2) is 17.6 Å². The molecule has 1 saturated carbocycles. The Morgan fingerprint density at radius 1 is 1.25 bits per heavy atom. The van der Waals surface area contributed by atoms with Gasteiger partial charge in [-0.05, 0) is 56.2 Å². The molecule has 1 unspecified atom stereocenters. The van der Waals surface area contributed by atoms with E-state index >= 15 is 0 Å². The summed E-state index contributed by atoms with van der Waals surface area (Å²) in [5, 5.41) is 12.9. The number of carbonyl (C=O) groups is 1. The second-order valence-electron chi connectivity index (χ2n) is 6.55. The predicted octanol–water partition coefficient (Wildman–Crippen LogP) is 4.81. The fraction of sp³-hybridized carbons (Fsp3) is 0.421. The van der Waals surface area contributed by atoms with Crippen molar-refractivity contribution in [3.05, 3.63) is 56.2 Å². The third kappa shape index (κ3) is 3.73. The van der Waals surface area contributed by atoms with Gasteiger partial charge in [-0.15, -0.1) is 11.3 Å². The third-order valence-electron chi connectivity index (χ3n) is 4.82. The Morgan fingerprint density at radius 2 is 1.92 bits per heavy atom. The molecule has 5 heteroatoms. The van der Waals surface area contributed by atoms with Gasteiger partial charge in [0.25, 0.3) is 5.91 Å². The topological polar surface area (TPSA) is 49.3 Å². The van der Waals surface area contributed by atoms with Crippen molar-refractivity contribution in [3.8, 4) is 0 Å². The van der Waals surface area contributed by atoms with Crippen LogP contribution in [0, 0.1) is 0 Å². The third-order valence-corrected chi connectivity index (χ3v) is 6.85. The summed E-state index contributed by atoms with van der Waals surface area (Å²) in [4.78, 5) is 14.7. The number of carbonyl (C=O) groups excluding carboxylic acids is 1. The molecule has 1 aromatic carbocycles. The lowest BCUT2D eigenvalue weighted by atomic mass is 9.84. The molecule has 128 valence electrons. The van der Waals surface area contributed by atoms with Gasteiger partial charge in [-0.25, -0.2) is 0 Å². The van der Waals surface area contributed by atoms with Crippen LogP contribution in [-0.2, 0) is 5.41 Å². The lowest BCUT2D eigenvalue weighted by Gasteiger charge is -2.28. The molecular weight excluding hydrogens is 386 g/mol. The van der Waals surface area contributed by atoms with Crippen LogP contribution < -0.4 is 5.32 Å². The molecule has 1 aliphatic carbocycles. The summed E-state index contributed by atoms with van der Waals surface area (Å²) in [6.45, 7) is 2.45. The minimum absolute atomic E-state index is 0.0167. The van der Waals surface area contributed by atoms with E-state index in [4.69, 9.17) is 0 Å². The number of hydrogen-bond acceptors (Lipinski definition) is 3. The van der Waals surface area contributed by atoms with Crippen LogP contribution in [0.25, 0.3) is 0 Å². The first-order chi connectivity index (χ1) is 11.5. The monoisotopic (exact) mass is 407 g/mol.